The molecule has 0 bridgehead atoms. The molecule has 0 aliphatic rings. The van der Waals surface area contributed by atoms with Gasteiger partial charge in [-0.3, -0.25) is 0 Å². The van der Waals surface area contributed by atoms with Crippen LogP contribution in [0.15, 0.2) is 54.7 Å². The lowest BCUT2D eigenvalue weighted by Crippen LogP contribution is -2.33. The molecule has 3 N–H and O–H groups in total. The summed E-state index contributed by atoms with van der Waals surface area (Å²) in [6.45, 7) is 0.820. The average Bonchev–Trinajstić information content (AvgIpc) is 3.18. The number of halogens is 2. The van der Waals surface area contributed by atoms with Crippen LogP contribution >= 0.6 is 23.2 Å². The minimum Gasteiger partial charge on any atom is -0.495 e. The smallest absolute Gasteiger partial charge is 0.319 e. The van der Waals surface area contributed by atoms with Crippen LogP contribution in [0.25, 0.3) is 16.9 Å². The minimum absolute atomic E-state index is 0.361. The van der Waals surface area contributed by atoms with Crippen LogP contribution < -0.4 is 26.2 Å². The quantitative estimate of drug-likeness (QED) is 0.278. The molecule has 0 aliphatic heterocycles. The number of ether oxygens (including phenoxy) is 1. The molecular formula is C22H21BCl2N6O2. The second kappa shape index (κ2) is 10.0. The molecule has 8 nitrogen and oxygen atoms in total. The highest BCUT2D eigenvalue weighted by Gasteiger charge is 2.13. The van der Waals surface area contributed by atoms with E-state index in [9.17, 15) is 4.79 Å². The molecule has 2 amide bonds. The SMILES string of the molecule is Bc1cnn2c(NCCNC(=O)Nc3cc(Cl)ccc3OC)cc(-c3ccccc3Cl)nc12. The highest BCUT2D eigenvalue weighted by molar-refractivity contribution is 6.36. The van der Waals surface area contributed by atoms with Gasteiger partial charge >= 0.3 is 6.03 Å². The molecule has 0 spiro atoms. The fraction of sp³-hybridized carbons (Fsp3) is 0.136. The summed E-state index contributed by atoms with van der Waals surface area (Å²) in [5.74, 6) is 1.26. The first-order valence-electron chi connectivity index (χ1n) is 10.2. The van der Waals surface area contributed by atoms with Crippen molar-refractivity contribution in [2.24, 2.45) is 0 Å². The molecule has 0 unspecified atom stereocenters. The van der Waals surface area contributed by atoms with Gasteiger partial charge in [-0.25, -0.2) is 9.78 Å². The lowest BCUT2D eigenvalue weighted by molar-refractivity contribution is 0.252. The van der Waals surface area contributed by atoms with Crippen LogP contribution in [-0.4, -0.2) is 48.7 Å². The number of methoxy groups -OCH3 is 1. The Labute approximate surface area is 201 Å². The monoisotopic (exact) mass is 482 g/mol. The largest absolute Gasteiger partial charge is 0.495 e. The van der Waals surface area contributed by atoms with Crippen molar-refractivity contribution in [3.8, 4) is 17.0 Å². The number of benzene rings is 2. The van der Waals surface area contributed by atoms with Crippen LogP contribution in [-0.2, 0) is 0 Å². The molecular weight excluding hydrogens is 462 g/mol. The van der Waals surface area contributed by atoms with Gasteiger partial charge < -0.3 is 20.7 Å². The summed E-state index contributed by atoms with van der Waals surface area (Å²) < 4.78 is 6.97. The van der Waals surface area contributed by atoms with Crippen LogP contribution in [0.4, 0.5) is 16.3 Å². The van der Waals surface area contributed by atoms with Gasteiger partial charge in [0.15, 0.2) is 5.65 Å². The molecule has 2 aromatic heterocycles. The first-order chi connectivity index (χ1) is 16.0. The second-order valence-corrected chi connectivity index (χ2v) is 8.07. The van der Waals surface area contributed by atoms with E-state index < -0.39 is 0 Å². The van der Waals surface area contributed by atoms with Gasteiger partial charge in [0.1, 0.15) is 19.4 Å². The Kier molecular flexibility index (Phi) is 6.91. The van der Waals surface area contributed by atoms with E-state index in [1.807, 2.05) is 38.2 Å². The van der Waals surface area contributed by atoms with Crippen LogP contribution in [0.2, 0.25) is 10.0 Å². The summed E-state index contributed by atoms with van der Waals surface area (Å²) in [6.07, 6.45) is 1.76. The summed E-state index contributed by atoms with van der Waals surface area (Å²) in [5.41, 5.74) is 3.73. The Morgan fingerprint density at radius 1 is 1.15 bits per heavy atom. The Balaban J connectivity index is 1.44. The maximum Gasteiger partial charge on any atom is 0.319 e. The van der Waals surface area contributed by atoms with Crippen molar-refractivity contribution < 1.29 is 9.53 Å². The Hall–Kier alpha value is -3.43. The third kappa shape index (κ3) is 5.15. The number of anilines is 2. The summed E-state index contributed by atoms with van der Waals surface area (Å²) in [6, 6.07) is 14.1. The third-order valence-electron chi connectivity index (χ3n) is 4.92. The highest BCUT2D eigenvalue weighted by Crippen LogP contribution is 2.29. The molecule has 2 aromatic carbocycles. The number of rotatable bonds is 7. The minimum atomic E-state index is -0.371. The molecule has 33 heavy (non-hydrogen) atoms. The van der Waals surface area contributed by atoms with Gasteiger partial charge in [-0.05, 0) is 29.7 Å². The fourth-order valence-corrected chi connectivity index (χ4v) is 3.72. The summed E-state index contributed by atoms with van der Waals surface area (Å²) >= 11 is 12.4. The predicted molar refractivity (Wildman–Crippen MR) is 135 cm³/mol. The van der Waals surface area contributed by atoms with E-state index >= 15 is 0 Å². The van der Waals surface area contributed by atoms with E-state index in [-0.39, 0.29) is 6.03 Å². The van der Waals surface area contributed by atoms with Gasteiger partial charge in [-0.2, -0.15) is 9.61 Å². The standard InChI is InChI=1S/C22H21BCl2N6O2/c1-33-19-7-6-13(24)10-18(19)30-22(32)27-9-8-26-20-11-17(14-4-2-3-5-16(14)25)29-21-15(23)12-28-31(20)21/h2-7,10-12,26H,8-9,23H2,1H3,(H2,27,30,32). The average molecular weight is 483 g/mol. The second-order valence-electron chi connectivity index (χ2n) is 7.22. The number of hydrogen-bond acceptors (Lipinski definition) is 5. The lowest BCUT2D eigenvalue weighted by Gasteiger charge is -2.13. The zero-order valence-corrected chi connectivity index (χ0v) is 19.5. The molecule has 0 fully saturated rings. The zero-order chi connectivity index (χ0) is 23.4. The molecule has 4 aromatic rings. The molecule has 11 heteroatoms. The number of urea groups is 1. The van der Waals surface area contributed by atoms with Crippen LogP contribution in [0.1, 0.15) is 0 Å². The molecule has 0 atom stereocenters. The summed E-state index contributed by atoms with van der Waals surface area (Å²) in [4.78, 5) is 17.0. The first-order valence-corrected chi connectivity index (χ1v) is 10.9. The van der Waals surface area contributed by atoms with Crippen molar-refractivity contribution >= 4 is 59.7 Å². The topological polar surface area (TPSA) is 92.6 Å². The Bertz CT molecular complexity index is 1310. The van der Waals surface area contributed by atoms with Crippen molar-refractivity contribution in [2.75, 3.05) is 30.8 Å². The van der Waals surface area contributed by atoms with Crippen LogP contribution in [0, 0.1) is 0 Å². The van der Waals surface area contributed by atoms with Gasteiger partial charge in [-0.1, -0.05) is 41.4 Å². The third-order valence-corrected chi connectivity index (χ3v) is 5.49. The van der Waals surface area contributed by atoms with Crippen LogP contribution in [0.5, 0.6) is 5.75 Å². The maximum atomic E-state index is 12.3. The number of nitrogens with zero attached hydrogens (tertiary/aromatic N) is 3. The Morgan fingerprint density at radius 3 is 2.76 bits per heavy atom. The molecule has 0 saturated heterocycles. The van der Waals surface area contributed by atoms with E-state index in [4.69, 9.17) is 32.9 Å². The Morgan fingerprint density at radius 2 is 1.97 bits per heavy atom. The molecule has 4 rings (SSSR count). The number of aromatic nitrogens is 3. The molecule has 0 aliphatic carbocycles. The van der Waals surface area contributed by atoms with E-state index in [1.54, 1.807) is 28.9 Å². The van der Waals surface area contributed by atoms with Crippen molar-refractivity contribution in [2.45, 2.75) is 0 Å². The van der Waals surface area contributed by atoms with Gasteiger partial charge in [0.2, 0.25) is 0 Å². The number of carbonyl (C=O) groups excluding carboxylic acids is 1. The molecule has 168 valence electrons. The fourth-order valence-electron chi connectivity index (χ4n) is 3.32. The van der Waals surface area contributed by atoms with Crippen molar-refractivity contribution in [3.05, 3.63) is 64.8 Å². The number of nitrogens with one attached hydrogen (secondary N) is 3. The number of fused-ring (bicyclic) bond motifs is 1. The molecule has 2 heterocycles. The van der Waals surface area contributed by atoms with E-state index in [0.717, 1.165) is 28.2 Å². The molecule has 0 saturated carbocycles. The zero-order valence-electron chi connectivity index (χ0n) is 18.0. The normalized spacial score (nSPS) is 10.8. The number of carbonyl (C=O) groups is 1. The number of amides is 2. The van der Waals surface area contributed by atoms with Crippen molar-refractivity contribution in [3.63, 3.8) is 0 Å². The first kappa shape index (κ1) is 22.8. The van der Waals surface area contributed by atoms with E-state index in [2.05, 4.69) is 21.0 Å². The van der Waals surface area contributed by atoms with Crippen molar-refractivity contribution in [1.82, 2.24) is 19.9 Å². The maximum absolute atomic E-state index is 12.3. The summed E-state index contributed by atoms with van der Waals surface area (Å²) in [5, 5.41) is 14.4. The van der Waals surface area contributed by atoms with Crippen molar-refractivity contribution in [1.29, 1.82) is 0 Å². The van der Waals surface area contributed by atoms with E-state index in [1.165, 1.54) is 7.11 Å². The van der Waals surface area contributed by atoms with Gasteiger partial charge in [-0.15, -0.1) is 0 Å². The van der Waals surface area contributed by atoms with Crippen LogP contribution in [0.3, 0.4) is 0 Å². The van der Waals surface area contributed by atoms with E-state index in [0.29, 0.717) is 34.6 Å². The highest BCUT2D eigenvalue weighted by atomic mass is 35.5. The lowest BCUT2D eigenvalue weighted by atomic mass is 10.0. The number of hydrogen-bond donors (Lipinski definition) is 3. The summed E-state index contributed by atoms with van der Waals surface area (Å²) in [7, 11) is 3.48. The van der Waals surface area contributed by atoms with Gasteiger partial charge in [0.05, 0.1) is 18.5 Å². The van der Waals surface area contributed by atoms with Gasteiger partial charge in [0.25, 0.3) is 0 Å². The molecule has 0 radical (unpaired) electrons. The van der Waals surface area contributed by atoms with Gasteiger partial charge in [0, 0.05) is 41.0 Å². The predicted octanol–water partition coefficient (Wildman–Crippen LogP) is 3.20.